The van der Waals surface area contributed by atoms with Gasteiger partial charge in [-0.3, -0.25) is 9.59 Å². The van der Waals surface area contributed by atoms with Gasteiger partial charge in [-0.25, -0.2) is 4.79 Å². The van der Waals surface area contributed by atoms with E-state index in [1.807, 2.05) is 18.4 Å². The number of benzene rings is 1. The van der Waals surface area contributed by atoms with E-state index >= 15 is 0 Å². The number of hydrogen-bond donors (Lipinski definition) is 1. The van der Waals surface area contributed by atoms with Crippen LogP contribution in [0.5, 0.6) is 0 Å². The summed E-state index contributed by atoms with van der Waals surface area (Å²) >= 11 is 0. The molecule has 0 atom stereocenters. The van der Waals surface area contributed by atoms with E-state index < -0.39 is 11.4 Å². The van der Waals surface area contributed by atoms with Crippen molar-refractivity contribution in [1.29, 1.82) is 0 Å². The number of aromatic nitrogens is 2. The number of fused-ring (bicyclic) bond motifs is 2. The van der Waals surface area contributed by atoms with Crippen LogP contribution in [0.3, 0.4) is 0 Å². The minimum atomic E-state index is -0.647. The van der Waals surface area contributed by atoms with E-state index in [4.69, 9.17) is 4.74 Å². The van der Waals surface area contributed by atoms with Crippen molar-refractivity contribution in [3.8, 4) is 0 Å². The first-order valence-electron chi connectivity index (χ1n) is 7.84. The fourth-order valence-electron chi connectivity index (χ4n) is 3.05. The molecule has 0 aliphatic heterocycles. The van der Waals surface area contributed by atoms with Crippen molar-refractivity contribution in [2.45, 2.75) is 27.3 Å². The molecule has 1 aromatic carbocycles. The second-order valence-corrected chi connectivity index (χ2v) is 5.54. The number of rotatable bonds is 3. The van der Waals surface area contributed by atoms with Crippen LogP contribution < -0.4 is 10.9 Å². The first kappa shape index (κ1) is 16.0. The van der Waals surface area contributed by atoms with E-state index in [9.17, 15) is 14.4 Å². The molecule has 24 heavy (non-hydrogen) atoms. The Morgan fingerprint density at radius 1 is 1.25 bits per heavy atom. The number of H-pyrrole nitrogens is 1. The smallest absolute Gasteiger partial charge is 0.343 e. The van der Waals surface area contributed by atoms with Gasteiger partial charge in [0.1, 0.15) is 5.56 Å². The Morgan fingerprint density at radius 3 is 2.67 bits per heavy atom. The molecule has 0 saturated carbocycles. The van der Waals surface area contributed by atoms with Gasteiger partial charge in [0.2, 0.25) is 5.43 Å². The Hall–Kier alpha value is -2.89. The van der Waals surface area contributed by atoms with Gasteiger partial charge in [0.25, 0.3) is 0 Å². The molecule has 124 valence electrons. The lowest BCUT2D eigenvalue weighted by atomic mass is 10.0. The van der Waals surface area contributed by atoms with Crippen LogP contribution in [0.25, 0.3) is 21.8 Å². The number of carbonyl (C=O) groups is 1. The van der Waals surface area contributed by atoms with E-state index in [0.717, 1.165) is 5.56 Å². The Balaban J connectivity index is 2.52. The molecule has 0 aliphatic carbocycles. The summed E-state index contributed by atoms with van der Waals surface area (Å²) in [4.78, 5) is 40.1. The number of nitrogens with one attached hydrogen (secondary N) is 1. The summed E-state index contributed by atoms with van der Waals surface area (Å²) in [7, 11) is 0. The number of nitrogens with zero attached hydrogens (tertiary/aromatic N) is 1. The summed E-state index contributed by atoms with van der Waals surface area (Å²) < 4.78 is 6.81. The summed E-state index contributed by atoms with van der Waals surface area (Å²) in [5.74, 6) is -0.647. The fraction of sp³-hybridized carbons (Fsp3) is 0.278. The largest absolute Gasteiger partial charge is 0.462 e. The molecule has 6 heteroatoms. The number of carbonyl (C=O) groups excluding carboxylic acids is 1. The lowest BCUT2D eigenvalue weighted by Crippen LogP contribution is -2.21. The average molecular weight is 326 g/mol. The molecule has 0 unspecified atom stereocenters. The van der Waals surface area contributed by atoms with Crippen LogP contribution in [0.2, 0.25) is 0 Å². The van der Waals surface area contributed by atoms with Crippen molar-refractivity contribution in [3.05, 3.63) is 56.1 Å². The van der Waals surface area contributed by atoms with E-state index in [-0.39, 0.29) is 17.6 Å². The highest BCUT2D eigenvalue weighted by Gasteiger charge is 2.19. The minimum Gasteiger partial charge on any atom is -0.462 e. The van der Waals surface area contributed by atoms with Crippen molar-refractivity contribution in [2.75, 3.05) is 6.61 Å². The maximum absolute atomic E-state index is 12.8. The zero-order chi connectivity index (χ0) is 17.4. The van der Waals surface area contributed by atoms with Gasteiger partial charge in [-0.1, -0.05) is 0 Å². The van der Waals surface area contributed by atoms with Crippen LogP contribution in [0.1, 0.15) is 29.8 Å². The van der Waals surface area contributed by atoms with Crippen molar-refractivity contribution < 1.29 is 9.53 Å². The average Bonchev–Trinajstić information content (AvgIpc) is 2.57. The lowest BCUT2D eigenvalue weighted by molar-refractivity contribution is 0.0524. The molecule has 1 N–H and O–H groups in total. The maximum Gasteiger partial charge on any atom is 0.343 e. The number of esters is 1. The third-order valence-corrected chi connectivity index (χ3v) is 4.17. The molecule has 6 nitrogen and oxygen atoms in total. The topological polar surface area (TPSA) is 81.2 Å². The van der Waals surface area contributed by atoms with Crippen LogP contribution in [0.4, 0.5) is 0 Å². The monoisotopic (exact) mass is 326 g/mol. The quantitative estimate of drug-likeness (QED) is 0.592. The van der Waals surface area contributed by atoms with E-state index in [1.165, 1.54) is 12.3 Å². The highest BCUT2D eigenvalue weighted by Crippen LogP contribution is 2.23. The third-order valence-electron chi connectivity index (χ3n) is 4.17. The molecule has 0 fully saturated rings. The fourth-order valence-corrected chi connectivity index (χ4v) is 3.05. The Morgan fingerprint density at radius 2 is 2.00 bits per heavy atom. The predicted octanol–water partition coefficient (Wildman–Crippen LogP) is 2.35. The number of pyridine rings is 2. The maximum atomic E-state index is 12.8. The summed E-state index contributed by atoms with van der Waals surface area (Å²) in [5, 5.41) is 0.785. The number of aryl methyl sites for hydroxylation is 2. The van der Waals surface area contributed by atoms with Gasteiger partial charge in [-0.2, -0.15) is 0 Å². The van der Waals surface area contributed by atoms with Gasteiger partial charge in [-0.15, -0.1) is 0 Å². The van der Waals surface area contributed by atoms with Crippen molar-refractivity contribution in [2.24, 2.45) is 0 Å². The Bertz CT molecular complexity index is 1080. The molecule has 3 rings (SSSR count). The molecule has 3 aromatic rings. The van der Waals surface area contributed by atoms with Gasteiger partial charge in [0.15, 0.2) is 5.43 Å². The molecule has 0 saturated heterocycles. The SMILES string of the molecule is CCOC(=O)c1cn(CC)c2c(C)c3[nH]ccc(=O)c3cc2c1=O. The molecule has 0 amide bonds. The van der Waals surface area contributed by atoms with Crippen LogP contribution in [0.15, 0.2) is 34.1 Å². The first-order chi connectivity index (χ1) is 11.5. The zero-order valence-electron chi connectivity index (χ0n) is 13.8. The predicted molar refractivity (Wildman–Crippen MR) is 92.7 cm³/mol. The normalized spacial score (nSPS) is 11.1. The summed E-state index contributed by atoms with van der Waals surface area (Å²) in [6, 6.07) is 2.98. The summed E-state index contributed by atoms with van der Waals surface area (Å²) in [6.45, 7) is 6.24. The van der Waals surface area contributed by atoms with Gasteiger partial charge in [0, 0.05) is 35.8 Å². The summed E-state index contributed by atoms with van der Waals surface area (Å²) in [5.41, 5.74) is 1.61. The second kappa shape index (κ2) is 5.96. The standard InChI is InChI=1S/C18H18N2O4/c1-4-20-9-13(18(23)24-5-2)17(22)12-8-11-14(21)6-7-19-15(11)10(3)16(12)20/h6-9H,4-5H2,1-3H3,(H,19,21). The molecule has 0 spiro atoms. The molecule has 0 bridgehead atoms. The van der Waals surface area contributed by atoms with E-state index in [1.54, 1.807) is 19.2 Å². The molecule has 2 heterocycles. The van der Waals surface area contributed by atoms with Crippen LogP contribution >= 0.6 is 0 Å². The molecular weight excluding hydrogens is 308 g/mol. The number of hydrogen-bond acceptors (Lipinski definition) is 4. The number of ether oxygens (including phenoxy) is 1. The molecule has 0 aliphatic rings. The third kappa shape index (κ3) is 2.31. The van der Waals surface area contributed by atoms with Gasteiger partial charge >= 0.3 is 5.97 Å². The second-order valence-electron chi connectivity index (χ2n) is 5.54. The van der Waals surface area contributed by atoms with Crippen LogP contribution in [0, 0.1) is 6.92 Å². The molecule has 0 radical (unpaired) electrons. The zero-order valence-corrected chi connectivity index (χ0v) is 13.8. The van der Waals surface area contributed by atoms with Crippen LogP contribution in [-0.4, -0.2) is 22.1 Å². The number of aromatic amines is 1. The van der Waals surface area contributed by atoms with Gasteiger partial charge < -0.3 is 14.3 Å². The Kier molecular flexibility index (Phi) is 3.97. The molecule has 2 aromatic heterocycles. The summed E-state index contributed by atoms with van der Waals surface area (Å²) in [6.07, 6.45) is 3.12. The Labute approximate surface area is 137 Å². The lowest BCUT2D eigenvalue weighted by Gasteiger charge is -2.15. The van der Waals surface area contributed by atoms with Gasteiger partial charge in [-0.05, 0) is 32.4 Å². The van der Waals surface area contributed by atoms with Crippen molar-refractivity contribution in [1.82, 2.24) is 9.55 Å². The highest BCUT2D eigenvalue weighted by molar-refractivity contribution is 6.01. The van der Waals surface area contributed by atoms with Gasteiger partial charge in [0.05, 0.1) is 17.6 Å². The first-order valence-corrected chi connectivity index (χ1v) is 7.84. The van der Waals surface area contributed by atoms with E-state index in [0.29, 0.717) is 28.4 Å². The van der Waals surface area contributed by atoms with Crippen molar-refractivity contribution in [3.63, 3.8) is 0 Å². The minimum absolute atomic E-state index is 0.0164. The van der Waals surface area contributed by atoms with E-state index in [2.05, 4.69) is 4.98 Å². The van der Waals surface area contributed by atoms with Crippen LogP contribution in [-0.2, 0) is 11.3 Å². The highest BCUT2D eigenvalue weighted by atomic mass is 16.5. The molecular formula is C18H18N2O4. The van der Waals surface area contributed by atoms with Crippen molar-refractivity contribution >= 4 is 27.8 Å².